The van der Waals surface area contributed by atoms with Gasteiger partial charge in [0.05, 0.1) is 17.8 Å². The van der Waals surface area contributed by atoms with E-state index in [0.717, 1.165) is 18.5 Å². The first-order valence-electron chi connectivity index (χ1n) is 6.22. The van der Waals surface area contributed by atoms with Crippen LogP contribution in [0.3, 0.4) is 0 Å². The molecule has 4 atom stereocenters. The largest absolute Gasteiger partial charge is 0.327 e. The molecule has 4 unspecified atom stereocenters. The minimum absolute atomic E-state index is 0.00560. The van der Waals surface area contributed by atoms with Crippen LogP contribution < -0.4 is 11.1 Å². The highest BCUT2D eigenvalue weighted by molar-refractivity contribution is 5.93. The van der Waals surface area contributed by atoms with Crippen molar-refractivity contribution in [2.75, 3.05) is 5.32 Å². The molecule has 2 aliphatic rings. The van der Waals surface area contributed by atoms with E-state index in [-0.39, 0.29) is 17.9 Å². The Morgan fingerprint density at radius 1 is 1.41 bits per heavy atom. The first-order valence-corrected chi connectivity index (χ1v) is 6.22. The molecule has 2 fully saturated rings. The predicted octanol–water partition coefficient (Wildman–Crippen LogP) is 1.39. The molecule has 2 aliphatic carbocycles. The second-order valence-electron chi connectivity index (χ2n) is 5.17. The molecule has 3 N–H and O–H groups in total. The van der Waals surface area contributed by atoms with Crippen molar-refractivity contribution in [1.82, 2.24) is 4.98 Å². The standard InChI is InChI=1S/C13H17N3O/c14-12-9-4-3-8(6-9)11(12)13(17)16-10-2-1-5-15-7-10/h1-2,5,7-9,11-12H,3-4,6,14H2,(H,16,17). The lowest BCUT2D eigenvalue weighted by molar-refractivity contribution is -0.121. The summed E-state index contributed by atoms with van der Waals surface area (Å²) in [6.45, 7) is 0. The van der Waals surface area contributed by atoms with Crippen LogP contribution >= 0.6 is 0 Å². The number of carbonyl (C=O) groups is 1. The maximum Gasteiger partial charge on any atom is 0.229 e. The Morgan fingerprint density at radius 3 is 2.88 bits per heavy atom. The van der Waals surface area contributed by atoms with Gasteiger partial charge in [-0.3, -0.25) is 9.78 Å². The quantitative estimate of drug-likeness (QED) is 0.808. The molecule has 0 aliphatic heterocycles. The molecular weight excluding hydrogens is 214 g/mol. The van der Waals surface area contributed by atoms with Crippen molar-refractivity contribution < 1.29 is 4.79 Å². The van der Waals surface area contributed by atoms with E-state index in [9.17, 15) is 4.79 Å². The summed E-state index contributed by atoms with van der Waals surface area (Å²) < 4.78 is 0. The predicted molar refractivity (Wildman–Crippen MR) is 65.2 cm³/mol. The molecule has 0 aromatic carbocycles. The molecule has 4 nitrogen and oxygen atoms in total. The van der Waals surface area contributed by atoms with Gasteiger partial charge in [-0.2, -0.15) is 0 Å². The smallest absolute Gasteiger partial charge is 0.229 e. The van der Waals surface area contributed by atoms with Gasteiger partial charge in [-0.25, -0.2) is 0 Å². The van der Waals surface area contributed by atoms with Gasteiger partial charge in [-0.1, -0.05) is 0 Å². The number of nitrogens with one attached hydrogen (secondary N) is 1. The van der Waals surface area contributed by atoms with Gasteiger partial charge in [0.2, 0.25) is 5.91 Å². The first kappa shape index (κ1) is 10.7. The Morgan fingerprint density at radius 2 is 2.24 bits per heavy atom. The summed E-state index contributed by atoms with van der Waals surface area (Å²) in [7, 11) is 0. The third-order valence-corrected chi connectivity index (χ3v) is 4.21. The molecule has 2 bridgehead atoms. The first-order chi connectivity index (χ1) is 8.25. The number of anilines is 1. The molecule has 1 aromatic heterocycles. The molecular formula is C13H17N3O. The summed E-state index contributed by atoms with van der Waals surface area (Å²) in [4.78, 5) is 16.2. The van der Waals surface area contributed by atoms with E-state index in [2.05, 4.69) is 10.3 Å². The second kappa shape index (κ2) is 4.11. The Hall–Kier alpha value is -1.42. The number of amides is 1. The fraction of sp³-hybridized carbons (Fsp3) is 0.538. The van der Waals surface area contributed by atoms with Crippen molar-refractivity contribution >= 4 is 11.6 Å². The van der Waals surface area contributed by atoms with Gasteiger partial charge in [-0.05, 0) is 43.2 Å². The van der Waals surface area contributed by atoms with Crippen LogP contribution in [-0.4, -0.2) is 16.9 Å². The second-order valence-corrected chi connectivity index (χ2v) is 5.17. The number of pyridine rings is 1. The minimum Gasteiger partial charge on any atom is -0.327 e. The average Bonchev–Trinajstić information content (AvgIpc) is 2.90. The van der Waals surface area contributed by atoms with Crippen LogP contribution in [0.2, 0.25) is 0 Å². The lowest BCUT2D eigenvalue weighted by Crippen LogP contribution is -2.42. The van der Waals surface area contributed by atoms with Crippen LogP contribution in [-0.2, 0) is 4.79 Å². The maximum atomic E-state index is 12.2. The maximum absolute atomic E-state index is 12.2. The molecule has 4 heteroatoms. The molecule has 1 heterocycles. The normalized spacial score (nSPS) is 34.9. The van der Waals surface area contributed by atoms with Gasteiger partial charge >= 0.3 is 0 Å². The Labute approximate surface area is 101 Å². The van der Waals surface area contributed by atoms with Crippen LogP contribution in [0, 0.1) is 17.8 Å². The monoisotopic (exact) mass is 231 g/mol. The van der Waals surface area contributed by atoms with E-state index in [4.69, 9.17) is 5.73 Å². The van der Waals surface area contributed by atoms with Gasteiger partial charge in [0.25, 0.3) is 0 Å². The van der Waals surface area contributed by atoms with E-state index in [0.29, 0.717) is 11.8 Å². The molecule has 2 saturated carbocycles. The van der Waals surface area contributed by atoms with Crippen molar-refractivity contribution in [2.45, 2.75) is 25.3 Å². The van der Waals surface area contributed by atoms with Crippen molar-refractivity contribution in [2.24, 2.45) is 23.5 Å². The van der Waals surface area contributed by atoms with Crippen molar-refractivity contribution in [3.63, 3.8) is 0 Å². The molecule has 17 heavy (non-hydrogen) atoms. The number of hydrogen-bond donors (Lipinski definition) is 2. The molecule has 3 rings (SSSR count). The van der Waals surface area contributed by atoms with Crippen LogP contribution in [0.15, 0.2) is 24.5 Å². The molecule has 0 spiro atoms. The molecule has 1 amide bonds. The van der Waals surface area contributed by atoms with Gasteiger partial charge in [0.15, 0.2) is 0 Å². The van der Waals surface area contributed by atoms with E-state index >= 15 is 0 Å². The Kier molecular flexibility index (Phi) is 2.59. The Balaban J connectivity index is 1.71. The zero-order chi connectivity index (χ0) is 11.8. The summed E-state index contributed by atoms with van der Waals surface area (Å²) in [5.41, 5.74) is 6.90. The van der Waals surface area contributed by atoms with Crippen LogP contribution in [0.4, 0.5) is 5.69 Å². The summed E-state index contributed by atoms with van der Waals surface area (Å²) in [5, 5.41) is 2.92. The van der Waals surface area contributed by atoms with Gasteiger partial charge < -0.3 is 11.1 Å². The fourth-order valence-electron chi connectivity index (χ4n) is 3.39. The lowest BCUT2D eigenvalue weighted by atomic mass is 9.84. The topological polar surface area (TPSA) is 68.0 Å². The van der Waals surface area contributed by atoms with Crippen molar-refractivity contribution in [3.8, 4) is 0 Å². The zero-order valence-corrected chi connectivity index (χ0v) is 9.67. The number of aromatic nitrogens is 1. The highest BCUT2D eigenvalue weighted by Crippen LogP contribution is 2.47. The molecule has 0 saturated heterocycles. The van der Waals surface area contributed by atoms with E-state index < -0.39 is 0 Å². The van der Waals surface area contributed by atoms with Crippen molar-refractivity contribution in [1.29, 1.82) is 0 Å². The van der Waals surface area contributed by atoms with Crippen LogP contribution in [0.1, 0.15) is 19.3 Å². The highest BCUT2D eigenvalue weighted by atomic mass is 16.2. The summed E-state index contributed by atoms with van der Waals surface area (Å²) >= 11 is 0. The van der Waals surface area contributed by atoms with Gasteiger partial charge in [-0.15, -0.1) is 0 Å². The molecule has 1 aromatic rings. The van der Waals surface area contributed by atoms with E-state index in [1.807, 2.05) is 12.1 Å². The SMILES string of the molecule is NC1C2CCC(C2)C1C(=O)Nc1cccnc1. The number of nitrogens with two attached hydrogens (primary N) is 1. The van der Waals surface area contributed by atoms with Crippen molar-refractivity contribution in [3.05, 3.63) is 24.5 Å². The van der Waals surface area contributed by atoms with Crippen LogP contribution in [0.25, 0.3) is 0 Å². The third-order valence-electron chi connectivity index (χ3n) is 4.21. The number of nitrogens with zero attached hydrogens (tertiary/aromatic N) is 1. The Bertz CT molecular complexity index is 418. The third kappa shape index (κ3) is 1.82. The summed E-state index contributed by atoms with van der Waals surface area (Å²) in [5.74, 6) is 1.11. The van der Waals surface area contributed by atoms with E-state index in [1.165, 1.54) is 6.42 Å². The van der Waals surface area contributed by atoms with E-state index in [1.54, 1.807) is 12.4 Å². The lowest BCUT2D eigenvalue weighted by Gasteiger charge is -2.26. The van der Waals surface area contributed by atoms with Gasteiger partial charge in [0.1, 0.15) is 0 Å². The highest BCUT2D eigenvalue weighted by Gasteiger charge is 2.49. The molecule has 90 valence electrons. The number of hydrogen-bond acceptors (Lipinski definition) is 3. The number of rotatable bonds is 2. The summed E-state index contributed by atoms with van der Waals surface area (Å²) in [6, 6.07) is 3.71. The average molecular weight is 231 g/mol. The van der Waals surface area contributed by atoms with Gasteiger partial charge in [0, 0.05) is 12.2 Å². The molecule has 0 radical (unpaired) electrons. The fourth-order valence-corrected chi connectivity index (χ4v) is 3.39. The number of fused-ring (bicyclic) bond motifs is 2. The number of carbonyl (C=O) groups excluding carboxylic acids is 1. The zero-order valence-electron chi connectivity index (χ0n) is 9.67. The minimum atomic E-state index is -0.00560. The van der Waals surface area contributed by atoms with Crippen LogP contribution in [0.5, 0.6) is 0 Å². The summed E-state index contributed by atoms with van der Waals surface area (Å²) in [6.07, 6.45) is 6.84.